The fourth-order valence-corrected chi connectivity index (χ4v) is 3.01. The summed E-state index contributed by atoms with van der Waals surface area (Å²) in [7, 11) is 1.92. The lowest BCUT2D eigenvalue weighted by atomic mass is 10.1. The maximum absolute atomic E-state index is 13.0. The molecule has 18 heavy (non-hydrogen) atoms. The monoisotopic (exact) mass is 362 g/mol. The van der Waals surface area contributed by atoms with Crippen molar-refractivity contribution in [1.82, 2.24) is 10.2 Å². The third-order valence-electron chi connectivity index (χ3n) is 3.23. The molecule has 3 nitrogen and oxygen atoms in total. The zero-order valence-corrected chi connectivity index (χ0v) is 12.4. The average molecular weight is 362 g/mol. The molecule has 0 aromatic heterocycles. The van der Waals surface area contributed by atoms with E-state index in [4.69, 9.17) is 0 Å². The lowest BCUT2D eigenvalue weighted by Gasteiger charge is -2.17. The van der Waals surface area contributed by atoms with E-state index in [-0.39, 0.29) is 11.7 Å². The van der Waals surface area contributed by atoms with E-state index in [0.717, 1.165) is 26.1 Å². The van der Waals surface area contributed by atoms with E-state index in [1.807, 2.05) is 34.5 Å². The SMILES string of the molecule is CNCC1CCN(C(=O)c2ccc(F)cc2I)C1. The van der Waals surface area contributed by atoms with Crippen molar-refractivity contribution in [2.45, 2.75) is 6.42 Å². The van der Waals surface area contributed by atoms with Gasteiger partial charge in [0.1, 0.15) is 5.82 Å². The van der Waals surface area contributed by atoms with Gasteiger partial charge in [0, 0.05) is 16.7 Å². The largest absolute Gasteiger partial charge is 0.338 e. The van der Waals surface area contributed by atoms with Crippen LogP contribution in [0.2, 0.25) is 0 Å². The summed E-state index contributed by atoms with van der Waals surface area (Å²) in [6.07, 6.45) is 1.03. The Bertz CT molecular complexity index is 453. The van der Waals surface area contributed by atoms with Crippen LogP contribution in [0.15, 0.2) is 18.2 Å². The standard InChI is InChI=1S/C13H16FIN2O/c1-16-7-9-4-5-17(8-9)13(18)11-3-2-10(14)6-12(11)15/h2-3,6,9,16H,4-5,7-8H2,1H3. The van der Waals surface area contributed by atoms with Gasteiger partial charge < -0.3 is 10.2 Å². The molecule has 2 rings (SSSR count). The molecule has 1 aromatic carbocycles. The Morgan fingerprint density at radius 2 is 2.39 bits per heavy atom. The molecule has 1 unspecified atom stereocenters. The minimum absolute atomic E-state index is 0.0120. The molecule has 0 spiro atoms. The quantitative estimate of drug-likeness (QED) is 0.836. The molecule has 1 atom stereocenters. The zero-order valence-electron chi connectivity index (χ0n) is 10.2. The van der Waals surface area contributed by atoms with E-state index in [0.29, 0.717) is 15.1 Å². The third-order valence-corrected chi connectivity index (χ3v) is 4.12. The van der Waals surface area contributed by atoms with Gasteiger partial charge in [-0.05, 0) is 66.7 Å². The molecule has 1 heterocycles. The Morgan fingerprint density at radius 1 is 1.61 bits per heavy atom. The van der Waals surface area contributed by atoms with Crippen LogP contribution >= 0.6 is 22.6 Å². The van der Waals surface area contributed by atoms with Gasteiger partial charge in [-0.25, -0.2) is 4.39 Å². The summed E-state index contributed by atoms with van der Waals surface area (Å²) in [4.78, 5) is 14.2. The number of hydrogen-bond donors (Lipinski definition) is 1. The van der Waals surface area contributed by atoms with Crippen LogP contribution in [0.5, 0.6) is 0 Å². The lowest BCUT2D eigenvalue weighted by molar-refractivity contribution is 0.0786. The van der Waals surface area contributed by atoms with Crippen molar-refractivity contribution in [3.05, 3.63) is 33.1 Å². The van der Waals surface area contributed by atoms with Crippen molar-refractivity contribution in [3.63, 3.8) is 0 Å². The summed E-state index contributed by atoms with van der Waals surface area (Å²) in [6, 6.07) is 4.32. The highest BCUT2D eigenvalue weighted by Gasteiger charge is 2.27. The maximum Gasteiger partial charge on any atom is 0.254 e. The number of nitrogens with one attached hydrogen (secondary N) is 1. The van der Waals surface area contributed by atoms with Crippen molar-refractivity contribution < 1.29 is 9.18 Å². The van der Waals surface area contributed by atoms with Gasteiger partial charge in [0.2, 0.25) is 0 Å². The van der Waals surface area contributed by atoms with Crippen LogP contribution in [-0.2, 0) is 0 Å². The van der Waals surface area contributed by atoms with E-state index >= 15 is 0 Å². The van der Waals surface area contributed by atoms with Gasteiger partial charge >= 0.3 is 0 Å². The van der Waals surface area contributed by atoms with Gasteiger partial charge in [-0.15, -0.1) is 0 Å². The fraction of sp³-hybridized carbons (Fsp3) is 0.462. The van der Waals surface area contributed by atoms with Gasteiger partial charge in [-0.3, -0.25) is 4.79 Å². The Hall–Kier alpha value is -0.690. The number of likely N-dealkylation sites (tertiary alicyclic amines) is 1. The molecule has 1 saturated heterocycles. The average Bonchev–Trinajstić information content (AvgIpc) is 2.77. The molecule has 0 saturated carbocycles. The minimum Gasteiger partial charge on any atom is -0.338 e. The molecule has 1 aromatic rings. The lowest BCUT2D eigenvalue weighted by Crippen LogP contribution is -2.30. The highest BCUT2D eigenvalue weighted by molar-refractivity contribution is 14.1. The first-order chi connectivity index (χ1) is 8.61. The molecule has 0 aliphatic carbocycles. The Balaban J connectivity index is 2.08. The Kier molecular flexibility index (Phi) is 4.55. The van der Waals surface area contributed by atoms with Crippen molar-refractivity contribution in [2.24, 2.45) is 5.92 Å². The van der Waals surface area contributed by atoms with E-state index < -0.39 is 0 Å². The van der Waals surface area contributed by atoms with Crippen molar-refractivity contribution in [2.75, 3.05) is 26.7 Å². The van der Waals surface area contributed by atoms with E-state index in [1.54, 1.807) is 6.07 Å². The molecule has 98 valence electrons. The fourth-order valence-electron chi connectivity index (χ4n) is 2.31. The van der Waals surface area contributed by atoms with Crippen LogP contribution in [0.4, 0.5) is 4.39 Å². The molecule has 1 fully saturated rings. The molecule has 1 aliphatic heterocycles. The van der Waals surface area contributed by atoms with E-state index in [9.17, 15) is 9.18 Å². The minimum atomic E-state index is -0.301. The summed E-state index contributed by atoms with van der Waals surface area (Å²) < 4.78 is 13.7. The van der Waals surface area contributed by atoms with Crippen LogP contribution in [0.3, 0.4) is 0 Å². The summed E-state index contributed by atoms with van der Waals surface area (Å²) in [5.41, 5.74) is 0.599. The first kappa shape index (κ1) is 13.7. The van der Waals surface area contributed by atoms with Crippen molar-refractivity contribution in [3.8, 4) is 0 Å². The number of benzene rings is 1. The second-order valence-corrected chi connectivity index (χ2v) is 5.75. The first-order valence-electron chi connectivity index (χ1n) is 6.00. The topological polar surface area (TPSA) is 32.3 Å². The predicted molar refractivity (Wildman–Crippen MR) is 77.1 cm³/mol. The second-order valence-electron chi connectivity index (χ2n) is 4.59. The summed E-state index contributed by atoms with van der Waals surface area (Å²) in [6.45, 7) is 2.51. The smallest absolute Gasteiger partial charge is 0.254 e. The highest BCUT2D eigenvalue weighted by atomic mass is 127. The Labute approximate surface area is 120 Å². The Morgan fingerprint density at radius 3 is 3.06 bits per heavy atom. The second kappa shape index (κ2) is 5.97. The predicted octanol–water partition coefficient (Wildman–Crippen LogP) is 2.11. The number of amides is 1. The van der Waals surface area contributed by atoms with E-state index in [2.05, 4.69) is 5.32 Å². The van der Waals surface area contributed by atoms with Gasteiger partial charge in [-0.2, -0.15) is 0 Å². The van der Waals surface area contributed by atoms with Crippen LogP contribution in [0.1, 0.15) is 16.8 Å². The molecular formula is C13H16FIN2O. The van der Waals surface area contributed by atoms with Crippen molar-refractivity contribution >= 4 is 28.5 Å². The van der Waals surface area contributed by atoms with Gasteiger partial charge in [0.05, 0.1) is 5.56 Å². The molecule has 0 radical (unpaired) electrons. The molecule has 1 aliphatic rings. The van der Waals surface area contributed by atoms with Crippen LogP contribution < -0.4 is 5.32 Å². The number of rotatable bonds is 3. The van der Waals surface area contributed by atoms with Gasteiger partial charge in [-0.1, -0.05) is 0 Å². The normalized spacial score (nSPS) is 19.3. The van der Waals surface area contributed by atoms with E-state index in [1.165, 1.54) is 12.1 Å². The maximum atomic E-state index is 13.0. The zero-order chi connectivity index (χ0) is 13.1. The van der Waals surface area contributed by atoms with Gasteiger partial charge in [0.25, 0.3) is 5.91 Å². The molecular weight excluding hydrogens is 346 g/mol. The molecule has 5 heteroatoms. The van der Waals surface area contributed by atoms with Crippen LogP contribution in [0, 0.1) is 15.3 Å². The number of hydrogen-bond acceptors (Lipinski definition) is 2. The third kappa shape index (κ3) is 3.00. The number of carbonyl (C=O) groups excluding carboxylic acids is 1. The number of nitrogens with zero attached hydrogens (tertiary/aromatic N) is 1. The van der Waals surface area contributed by atoms with Crippen LogP contribution in [0.25, 0.3) is 0 Å². The summed E-state index contributed by atoms with van der Waals surface area (Å²) >= 11 is 2.01. The summed E-state index contributed by atoms with van der Waals surface area (Å²) in [5.74, 6) is 0.237. The first-order valence-corrected chi connectivity index (χ1v) is 7.08. The molecule has 0 bridgehead atoms. The highest BCUT2D eigenvalue weighted by Crippen LogP contribution is 2.21. The molecule has 1 amide bonds. The summed E-state index contributed by atoms with van der Waals surface area (Å²) in [5, 5.41) is 3.14. The van der Waals surface area contributed by atoms with Crippen molar-refractivity contribution in [1.29, 1.82) is 0 Å². The number of carbonyl (C=O) groups is 1. The van der Waals surface area contributed by atoms with Gasteiger partial charge in [0.15, 0.2) is 0 Å². The molecule has 1 N–H and O–H groups in total. The number of halogens is 2. The van der Waals surface area contributed by atoms with Crippen LogP contribution in [-0.4, -0.2) is 37.5 Å².